The Hall–Kier alpha value is -9.87. The summed E-state index contributed by atoms with van der Waals surface area (Å²) in [5.41, 5.74) is 19.8. The van der Waals surface area contributed by atoms with Crippen LogP contribution in [-0.4, -0.2) is 18.7 Å². The van der Waals surface area contributed by atoms with Crippen LogP contribution in [0.4, 0.5) is 0 Å². The minimum atomic E-state index is -2.71. The number of benzene rings is 11. The summed E-state index contributed by atoms with van der Waals surface area (Å²) in [7, 11) is 0. The van der Waals surface area contributed by atoms with E-state index in [1.807, 2.05) is 36.5 Å². The molecule has 7 heteroatoms. The van der Waals surface area contributed by atoms with Gasteiger partial charge >= 0.3 is 0 Å². The topological polar surface area (TPSA) is 40.8 Å². The minimum Gasteiger partial charge on any atom is -0.510 e. The van der Waals surface area contributed by atoms with Crippen molar-refractivity contribution in [3.05, 3.63) is 276 Å². The molecule has 1 aliphatic heterocycles. The maximum atomic E-state index is 9.21. The first kappa shape index (κ1) is 55.3. The molecule has 0 amide bonds. The number of aryl methyl sites for hydroxylation is 2. The van der Waals surface area contributed by atoms with Crippen molar-refractivity contribution in [1.29, 1.82) is 0 Å². The van der Waals surface area contributed by atoms with Crippen LogP contribution in [0.15, 0.2) is 225 Å². The molecule has 15 aromatic rings. The van der Waals surface area contributed by atoms with Gasteiger partial charge in [0.25, 0.3) is 6.33 Å². The Balaban J connectivity index is 0.00000819. The van der Waals surface area contributed by atoms with E-state index < -0.39 is 13.7 Å². The van der Waals surface area contributed by atoms with Crippen LogP contribution in [0.25, 0.3) is 133 Å². The minimum absolute atomic E-state index is 0. The third-order valence-corrected chi connectivity index (χ3v) is 20.7. The van der Waals surface area contributed by atoms with Gasteiger partial charge in [0.05, 0.1) is 33.4 Å². The predicted molar refractivity (Wildman–Crippen MR) is 397 cm³/mol. The number of para-hydroxylation sites is 3. The molecule has 0 bridgehead atoms. The molecule has 6 nitrogen and oxygen atoms in total. The molecule has 17 rings (SSSR count). The van der Waals surface area contributed by atoms with Crippen LogP contribution in [0.2, 0.25) is 0 Å². The van der Waals surface area contributed by atoms with Crippen molar-refractivity contribution in [2.24, 2.45) is 0 Å². The molecule has 480 valence electrons. The number of nitrogens with zero attached hydrogens (tertiary/aromatic N) is 5. The van der Waals surface area contributed by atoms with Crippen LogP contribution in [0, 0.1) is 32.2 Å². The fourth-order valence-electron chi connectivity index (χ4n) is 15.5. The number of rotatable bonds is 7. The molecule has 5 heterocycles. The van der Waals surface area contributed by atoms with Crippen molar-refractivity contribution in [2.75, 3.05) is 0 Å². The van der Waals surface area contributed by atoms with Gasteiger partial charge in [0.1, 0.15) is 5.82 Å². The van der Waals surface area contributed by atoms with Gasteiger partial charge in [-0.25, -0.2) is 4.98 Å². The van der Waals surface area contributed by atoms with E-state index in [2.05, 4.69) is 276 Å². The third-order valence-electron chi connectivity index (χ3n) is 20.7. The number of ether oxygens (including phenoxy) is 1. The maximum absolute atomic E-state index is 9.21. The zero-order valence-corrected chi connectivity index (χ0v) is 58.5. The Kier molecular flexibility index (Phi) is 12.9. The quantitative estimate of drug-likeness (QED) is 0.118. The average Bonchev–Trinajstić information content (AvgIpc) is 1.63. The number of fused-ring (bicyclic) bond motifs is 14. The summed E-state index contributed by atoms with van der Waals surface area (Å²) >= 11 is 0. The van der Waals surface area contributed by atoms with E-state index in [0.717, 1.165) is 123 Å². The maximum Gasteiger partial charge on any atom is 0.268 e. The van der Waals surface area contributed by atoms with Crippen LogP contribution in [0.1, 0.15) is 124 Å². The second-order valence-corrected chi connectivity index (χ2v) is 29.8. The summed E-state index contributed by atoms with van der Waals surface area (Å²) in [6, 6.07) is 82.9. The SMILES string of the molecule is [2H]C([2H])([2H])c1cccc(C([2H])([2H])[2H])c1-c1cc2c(c(-n3c4ccccc4c4ccccc43)c1)-[n+]1[c-]n(-c3[c-]c(Oc4[c-]c5c(cc4)c4ccccc4n5-c4cc(C(C)(C)C)ccn4)ccc3)c3cc(-c4ccc(C(C)(C)C)cc4)cc(c31)-c1ccccc1-c1cc3c(cc1-2)C(C)(C)CCC3(C)C.[Pt]. The summed E-state index contributed by atoms with van der Waals surface area (Å²) in [5.74, 6) is 1.75. The van der Waals surface area contributed by atoms with Crippen LogP contribution in [0.5, 0.6) is 11.5 Å². The molecule has 0 radical (unpaired) electrons. The van der Waals surface area contributed by atoms with Crippen LogP contribution in [-0.2, 0) is 42.7 Å². The summed E-state index contributed by atoms with van der Waals surface area (Å²) in [4.78, 5) is 4.95. The van der Waals surface area contributed by atoms with Crippen molar-refractivity contribution in [2.45, 2.75) is 117 Å². The first-order valence-corrected chi connectivity index (χ1v) is 33.5. The van der Waals surface area contributed by atoms with Crippen LogP contribution < -0.4 is 9.30 Å². The summed E-state index contributed by atoms with van der Waals surface area (Å²) in [5, 5.41) is 4.13. The molecule has 4 aromatic heterocycles. The van der Waals surface area contributed by atoms with Gasteiger partial charge in [-0.05, 0) is 203 Å². The van der Waals surface area contributed by atoms with Gasteiger partial charge in [0.15, 0.2) is 0 Å². The summed E-state index contributed by atoms with van der Waals surface area (Å²) in [6.45, 7) is 17.4. The zero-order chi connectivity index (χ0) is 70.9. The molecule has 11 aromatic carbocycles. The number of pyridine rings is 1. The Bertz CT molecular complexity index is 5900. The van der Waals surface area contributed by atoms with Gasteiger partial charge in [0, 0.05) is 63.3 Å². The monoisotopic (exact) mass is 1440 g/mol. The molecule has 0 saturated carbocycles. The van der Waals surface area contributed by atoms with E-state index in [9.17, 15) is 8.22 Å². The molecule has 0 N–H and O–H groups in total. The van der Waals surface area contributed by atoms with Crippen molar-refractivity contribution < 1.29 is 38.6 Å². The van der Waals surface area contributed by atoms with Gasteiger partial charge in [0.2, 0.25) is 0 Å². The first-order chi connectivity index (χ1) is 48.6. The van der Waals surface area contributed by atoms with Crippen molar-refractivity contribution >= 4 is 54.6 Å². The molecule has 0 fully saturated rings. The van der Waals surface area contributed by atoms with Crippen LogP contribution >= 0.6 is 0 Å². The molecule has 0 atom stereocenters. The third kappa shape index (κ3) is 10.1. The summed E-state index contributed by atoms with van der Waals surface area (Å²) in [6.07, 6.45) is 7.92. The van der Waals surface area contributed by atoms with Gasteiger partial charge in [-0.2, -0.15) is 18.2 Å². The van der Waals surface area contributed by atoms with E-state index in [-0.39, 0.29) is 59.4 Å². The Morgan fingerprint density at radius 1 is 0.474 bits per heavy atom. The second-order valence-electron chi connectivity index (χ2n) is 29.8. The number of hydrogen-bond donors (Lipinski definition) is 0. The first-order valence-electron chi connectivity index (χ1n) is 36.5. The van der Waals surface area contributed by atoms with Crippen LogP contribution in [0.3, 0.4) is 0 Å². The van der Waals surface area contributed by atoms with Crippen molar-refractivity contribution in [1.82, 2.24) is 18.7 Å². The molecule has 97 heavy (non-hydrogen) atoms. The van der Waals surface area contributed by atoms with E-state index >= 15 is 0 Å². The molecular formula is C90H77N5OPt-2. The standard InChI is InChI=1S/C90H77N5O.Pt/c1-55-23-21-24-56(2)84(55)59-46-74-72-53-76-75(89(9,10)42-43-90(76,11)12)52-71(72)65-27-13-14-28-66(65)73-45-58(57-35-37-60(38-36-57)87(3,4)5)47-81-85(73)93(86(74)82(48-59)94-77-32-18-15-29-67(77)68-30-16-19-33-78(68)94)54-92(81)62-25-22-26-63(50-62)96-64-39-40-70-69-31-17-20-34-79(69)95(80(70)51-64)83-49-61(41-44-91-83)88(6,7)8;/h13-41,44-49,52-53H,42-43H2,1-12H3;/q-2;/i1D3,2D3;. The smallest absolute Gasteiger partial charge is 0.268 e. The fraction of sp³-hybridized carbons (Fsp3) is 0.200. The summed E-state index contributed by atoms with van der Waals surface area (Å²) < 4.78 is 71.0. The van der Waals surface area contributed by atoms with E-state index in [0.29, 0.717) is 28.4 Å². The molecule has 1 aliphatic carbocycles. The Morgan fingerprint density at radius 3 is 1.68 bits per heavy atom. The normalized spacial score (nSPS) is 15.2. The Labute approximate surface area is 592 Å². The van der Waals surface area contributed by atoms with E-state index in [4.69, 9.17) is 9.72 Å². The number of aromatic nitrogens is 5. The van der Waals surface area contributed by atoms with Gasteiger partial charge in [-0.3, -0.25) is 4.57 Å². The van der Waals surface area contributed by atoms with Gasteiger partial charge in [-0.1, -0.05) is 208 Å². The molecule has 0 spiro atoms. The predicted octanol–water partition coefficient (Wildman–Crippen LogP) is 22.9. The van der Waals surface area contributed by atoms with E-state index in [1.165, 1.54) is 22.3 Å². The second kappa shape index (κ2) is 22.6. The number of hydrogen-bond acceptors (Lipinski definition) is 2. The number of imidazole rings is 1. The largest absolute Gasteiger partial charge is 0.510 e. The van der Waals surface area contributed by atoms with Crippen molar-refractivity contribution in [3.8, 4) is 90.0 Å². The fourth-order valence-corrected chi connectivity index (χ4v) is 15.5. The molecular weight excluding hydrogens is 1360 g/mol. The van der Waals surface area contributed by atoms with E-state index in [1.54, 1.807) is 18.2 Å². The Morgan fingerprint density at radius 2 is 1.04 bits per heavy atom. The molecule has 2 aliphatic rings. The molecule has 0 saturated heterocycles. The van der Waals surface area contributed by atoms with Crippen molar-refractivity contribution in [3.63, 3.8) is 0 Å². The zero-order valence-electron chi connectivity index (χ0n) is 62.2. The molecule has 0 unspecified atom stereocenters. The average molecular weight is 1450 g/mol. The van der Waals surface area contributed by atoms with Gasteiger partial charge in [-0.15, -0.1) is 29.7 Å². The van der Waals surface area contributed by atoms with Gasteiger partial charge < -0.3 is 18.4 Å².